The maximum absolute atomic E-state index is 10.9. The molecular weight excluding hydrogens is 260 g/mol. The van der Waals surface area contributed by atoms with Crippen molar-refractivity contribution in [1.82, 2.24) is 15.3 Å². The Hall–Kier alpha value is -1.73. The van der Waals surface area contributed by atoms with Crippen molar-refractivity contribution < 1.29 is 15.0 Å². The molecule has 0 amide bonds. The lowest BCUT2D eigenvalue weighted by atomic mass is 10.2. The van der Waals surface area contributed by atoms with Gasteiger partial charge < -0.3 is 15.5 Å². The van der Waals surface area contributed by atoms with Gasteiger partial charge in [-0.15, -0.1) is 0 Å². The SMILES string of the molecule is CCCCNc1ncc(CN[C@@H](C(=O)O)[C@@H](C)O)cn1. The van der Waals surface area contributed by atoms with Crippen molar-refractivity contribution in [3.63, 3.8) is 0 Å². The second-order valence-corrected chi connectivity index (χ2v) is 4.63. The summed E-state index contributed by atoms with van der Waals surface area (Å²) in [5, 5.41) is 24.1. The molecule has 7 nitrogen and oxygen atoms in total. The minimum atomic E-state index is -1.08. The van der Waals surface area contributed by atoms with Crippen LogP contribution >= 0.6 is 0 Å². The van der Waals surface area contributed by atoms with Crippen molar-refractivity contribution in [3.8, 4) is 0 Å². The minimum absolute atomic E-state index is 0.289. The van der Waals surface area contributed by atoms with Crippen LogP contribution in [0.4, 0.5) is 5.95 Å². The number of nitrogens with one attached hydrogen (secondary N) is 2. The molecule has 112 valence electrons. The highest BCUT2D eigenvalue weighted by Gasteiger charge is 2.22. The number of aliphatic hydroxyl groups is 1. The molecule has 0 radical (unpaired) electrons. The van der Waals surface area contributed by atoms with Crippen molar-refractivity contribution in [2.24, 2.45) is 0 Å². The number of carbonyl (C=O) groups is 1. The van der Waals surface area contributed by atoms with Crippen molar-refractivity contribution >= 4 is 11.9 Å². The second-order valence-electron chi connectivity index (χ2n) is 4.63. The number of anilines is 1. The standard InChI is InChI=1S/C13H22N4O3/c1-3-4-5-14-13-16-7-10(8-17-13)6-15-11(9(2)18)12(19)20/h7-9,11,15,18H,3-6H2,1-2H3,(H,19,20)(H,14,16,17)/t9-,11-/m1/s1. The number of aliphatic carboxylic acids is 1. The van der Waals surface area contributed by atoms with Gasteiger partial charge in [-0.05, 0) is 13.3 Å². The summed E-state index contributed by atoms with van der Waals surface area (Å²) < 4.78 is 0. The molecule has 1 aromatic heterocycles. The molecule has 0 saturated heterocycles. The molecule has 0 aliphatic carbocycles. The van der Waals surface area contributed by atoms with Crippen molar-refractivity contribution in [2.75, 3.05) is 11.9 Å². The molecule has 0 aliphatic heterocycles. The lowest BCUT2D eigenvalue weighted by Gasteiger charge is -2.16. The van der Waals surface area contributed by atoms with Gasteiger partial charge in [0, 0.05) is 31.0 Å². The molecule has 20 heavy (non-hydrogen) atoms. The predicted molar refractivity (Wildman–Crippen MR) is 75.4 cm³/mol. The van der Waals surface area contributed by atoms with Crippen molar-refractivity contribution in [3.05, 3.63) is 18.0 Å². The zero-order valence-corrected chi connectivity index (χ0v) is 11.8. The Morgan fingerprint density at radius 2 is 2.05 bits per heavy atom. The van der Waals surface area contributed by atoms with E-state index in [0.717, 1.165) is 24.9 Å². The van der Waals surface area contributed by atoms with Crippen LogP contribution in [0.2, 0.25) is 0 Å². The van der Waals surface area contributed by atoms with Crippen LogP contribution in [-0.2, 0) is 11.3 Å². The van der Waals surface area contributed by atoms with E-state index < -0.39 is 18.1 Å². The number of rotatable bonds is 9. The first-order valence-electron chi connectivity index (χ1n) is 6.73. The maximum Gasteiger partial charge on any atom is 0.323 e. The third-order valence-electron chi connectivity index (χ3n) is 2.79. The maximum atomic E-state index is 10.9. The number of nitrogens with zero attached hydrogens (tertiary/aromatic N) is 2. The summed E-state index contributed by atoms with van der Waals surface area (Å²) in [5.41, 5.74) is 0.762. The van der Waals surface area contributed by atoms with Crippen LogP contribution < -0.4 is 10.6 Å². The van der Waals surface area contributed by atoms with E-state index in [9.17, 15) is 9.90 Å². The molecule has 0 aromatic carbocycles. The average Bonchev–Trinajstić information content (AvgIpc) is 2.40. The van der Waals surface area contributed by atoms with Gasteiger partial charge in [-0.3, -0.25) is 10.1 Å². The smallest absolute Gasteiger partial charge is 0.323 e. The van der Waals surface area contributed by atoms with Gasteiger partial charge in [0.2, 0.25) is 5.95 Å². The van der Waals surface area contributed by atoms with Gasteiger partial charge in [0.15, 0.2) is 0 Å². The number of carboxylic acids is 1. The Bertz CT molecular complexity index is 409. The molecule has 7 heteroatoms. The third kappa shape index (κ3) is 5.50. The van der Waals surface area contributed by atoms with Crippen LogP contribution in [0.3, 0.4) is 0 Å². The Kier molecular flexibility index (Phi) is 6.89. The van der Waals surface area contributed by atoms with Gasteiger partial charge >= 0.3 is 5.97 Å². The Morgan fingerprint density at radius 3 is 2.55 bits per heavy atom. The molecule has 1 heterocycles. The van der Waals surface area contributed by atoms with E-state index in [1.807, 2.05) is 0 Å². The molecule has 0 saturated carbocycles. The van der Waals surface area contributed by atoms with Gasteiger partial charge in [-0.25, -0.2) is 9.97 Å². The average molecular weight is 282 g/mol. The summed E-state index contributed by atoms with van der Waals surface area (Å²) in [4.78, 5) is 19.2. The molecule has 0 spiro atoms. The van der Waals surface area contributed by atoms with E-state index in [-0.39, 0.29) is 6.54 Å². The zero-order chi connectivity index (χ0) is 15.0. The quantitative estimate of drug-likeness (QED) is 0.492. The highest BCUT2D eigenvalue weighted by atomic mass is 16.4. The number of unbranched alkanes of at least 4 members (excludes halogenated alkanes) is 1. The third-order valence-corrected chi connectivity index (χ3v) is 2.79. The summed E-state index contributed by atoms with van der Waals surface area (Å²) in [7, 11) is 0. The molecule has 0 unspecified atom stereocenters. The van der Waals surface area contributed by atoms with E-state index in [0.29, 0.717) is 5.95 Å². The Morgan fingerprint density at radius 1 is 1.40 bits per heavy atom. The number of hydrogen-bond acceptors (Lipinski definition) is 6. The molecule has 0 fully saturated rings. The molecule has 1 aromatic rings. The van der Waals surface area contributed by atoms with Crippen molar-refractivity contribution in [2.45, 2.75) is 45.4 Å². The van der Waals surface area contributed by atoms with Crippen LogP contribution in [0, 0.1) is 0 Å². The Labute approximate surface area is 118 Å². The summed E-state index contributed by atoms with van der Waals surface area (Å²) >= 11 is 0. The van der Waals surface area contributed by atoms with E-state index in [2.05, 4.69) is 27.5 Å². The van der Waals surface area contributed by atoms with E-state index >= 15 is 0 Å². The normalized spacial score (nSPS) is 13.8. The van der Waals surface area contributed by atoms with Crippen LogP contribution in [0.1, 0.15) is 32.3 Å². The number of hydrogen-bond donors (Lipinski definition) is 4. The van der Waals surface area contributed by atoms with E-state index in [4.69, 9.17) is 5.11 Å². The lowest BCUT2D eigenvalue weighted by molar-refractivity contribution is -0.142. The Balaban J connectivity index is 2.46. The van der Waals surface area contributed by atoms with Gasteiger partial charge in [-0.2, -0.15) is 0 Å². The molecule has 0 aliphatic rings. The topological polar surface area (TPSA) is 107 Å². The molecule has 4 N–H and O–H groups in total. The minimum Gasteiger partial charge on any atom is -0.480 e. The van der Waals surface area contributed by atoms with E-state index in [1.54, 1.807) is 12.4 Å². The van der Waals surface area contributed by atoms with Gasteiger partial charge in [0.05, 0.1) is 6.10 Å². The lowest BCUT2D eigenvalue weighted by Crippen LogP contribution is -2.44. The van der Waals surface area contributed by atoms with Crippen LogP contribution in [0.5, 0.6) is 0 Å². The predicted octanol–water partition coefficient (Wildman–Crippen LogP) is 0.612. The second kappa shape index (κ2) is 8.44. The van der Waals surface area contributed by atoms with Crippen LogP contribution in [-0.4, -0.2) is 44.8 Å². The van der Waals surface area contributed by atoms with Gasteiger partial charge in [0.1, 0.15) is 6.04 Å². The first-order chi connectivity index (χ1) is 9.54. The molecule has 2 atom stereocenters. The largest absolute Gasteiger partial charge is 0.480 e. The molecule has 0 bridgehead atoms. The monoisotopic (exact) mass is 282 g/mol. The highest BCUT2D eigenvalue weighted by molar-refractivity contribution is 5.74. The first kappa shape index (κ1) is 16.3. The summed E-state index contributed by atoms with van der Waals surface area (Å²) in [6, 6.07) is -1.00. The van der Waals surface area contributed by atoms with Gasteiger partial charge in [-0.1, -0.05) is 13.3 Å². The molecule has 1 rings (SSSR count). The number of aliphatic hydroxyl groups excluding tert-OH is 1. The fourth-order valence-corrected chi connectivity index (χ4v) is 1.61. The summed E-state index contributed by atoms with van der Waals surface area (Å²) in [6.07, 6.45) is 4.46. The highest BCUT2D eigenvalue weighted by Crippen LogP contribution is 2.02. The van der Waals surface area contributed by atoms with Crippen LogP contribution in [0.15, 0.2) is 12.4 Å². The van der Waals surface area contributed by atoms with Gasteiger partial charge in [0.25, 0.3) is 0 Å². The number of aromatic nitrogens is 2. The first-order valence-corrected chi connectivity index (χ1v) is 6.73. The fourth-order valence-electron chi connectivity index (χ4n) is 1.61. The fraction of sp³-hybridized carbons (Fsp3) is 0.615. The summed E-state index contributed by atoms with van der Waals surface area (Å²) in [5.74, 6) is -0.522. The summed E-state index contributed by atoms with van der Waals surface area (Å²) in [6.45, 7) is 4.66. The van der Waals surface area contributed by atoms with Crippen molar-refractivity contribution in [1.29, 1.82) is 0 Å². The zero-order valence-electron chi connectivity index (χ0n) is 11.8. The number of carboxylic acid groups (broad SMARTS) is 1. The van der Waals surface area contributed by atoms with Crippen LogP contribution in [0.25, 0.3) is 0 Å². The molecular formula is C13H22N4O3. The van der Waals surface area contributed by atoms with E-state index in [1.165, 1.54) is 6.92 Å².